The molecular formula is C31H26FNO5. The zero-order valence-electron chi connectivity index (χ0n) is 21.0. The van der Waals surface area contributed by atoms with E-state index in [-0.39, 0.29) is 17.9 Å². The normalized spacial score (nSPS) is 16.7. The molecule has 0 radical (unpaired) electrons. The predicted molar refractivity (Wildman–Crippen MR) is 140 cm³/mol. The smallest absolute Gasteiger partial charge is 0.296 e. The van der Waals surface area contributed by atoms with Crippen LogP contribution in [0.25, 0.3) is 5.76 Å². The number of nitrogens with zero attached hydrogens (tertiary/aromatic N) is 1. The van der Waals surface area contributed by atoms with E-state index in [2.05, 4.69) is 0 Å². The van der Waals surface area contributed by atoms with Crippen LogP contribution in [-0.4, -0.2) is 21.7 Å². The monoisotopic (exact) mass is 511 g/mol. The minimum Gasteiger partial charge on any atom is -0.507 e. The lowest BCUT2D eigenvalue weighted by atomic mass is 9.98. The average molecular weight is 512 g/mol. The second kappa shape index (κ2) is 10.4. The lowest BCUT2D eigenvalue weighted by Crippen LogP contribution is -2.29. The number of hydrogen-bond acceptors (Lipinski definition) is 5. The Morgan fingerprint density at radius 1 is 0.947 bits per heavy atom. The summed E-state index contributed by atoms with van der Waals surface area (Å²) < 4.78 is 25.2. The highest BCUT2D eigenvalue weighted by Crippen LogP contribution is 2.41. The summed E-state index contributed by atoms with van der Waals surface area (Å²) >= 11 is 0. The summed E-state index contributed by atoms with van der Waals surface area (Å²) in [4.78, 5) is 27.7. The molecule has 4 aromatic rings. The Morgan fingerprint density at radius 3 is 2.34 bits per heavy atom. The molecule has 38 heavy (non-hydrogen) atoms. The molecular weight excluding hydrogens is 485 g/mol. The topological polar surface area (TPSA) is 80.0 Å². The molecule has 1 saturated heterocycles. The van der Waals surface area contributed by atoms with Gasteiger partial charge in [0.25, 0.3) is 11.7 Å². The average Bonchev–Trinajstić information content (AvgIpc) is 3.45. The standard InChI is InChI=1S/C31H26FNO5/c1-19-16-23(11-15-25(19)37-18-22-6-4-3-5-7-22)29(34)27-28(26-14-8-20(2)38-26)33(31(36)30(27)35)17-21-9-12-24(32)13-10-21/h3-16,28,34H,17-18H2,1-2H3/b29-27-. The van der Waals surface area contributed by atoms with Gasteiger partial charge >= 0.3 is 0 Å². The van der Waals surface area contributed by atoms with Gasteiger partial charge in [-0.2, -0.15) is 0 Å². The van der Waals surface area contributed by atoms with Crippen LogP contribution in [0, 0.1) is 19.7 Å². The number of rotatable bonds is 7. The molecule has 5 rings (SSSR count). The molecule has 1 aromatic heterocycles. The Balaban J connectivity index is 1.50. The first-order valence-electron chi connectivity index (χ1n) is 12.2. The van der Waals surface area contributed by atoms with E-state index in [0.29, 0.717) is 35.0 Å². The van der Waals surface area contributed by atoms with Crippen molar-refractivity contribution in [3.8, 4) is 5.75 Å². The van der Waals surface area contributed by atoms with Crippen LogP contribution in [0.4, 0.5) is 4.39 Å². The van der Waals surface area contributed by atoms with Gasteiger partial charge < -0.3 is 19.2 Å². The fourth-order valence-corrected chi connectivity index (χ4v) is 4.58. The van der Waals surface area contributed by atoms with Gasteiger partial charge in [0.15, 0.2) is 0 Å². The third kappa shape index (κ3) is 4.95. The molecule has 0 spiro atoms. The molecule has 0 bridgehead atoms. The number of furan rings is 1. The van der Waals surface area contributed by atoms with Crippen molar-refractivity contribution in [2.24, 2.45) is 0 Å². The van der Waals surface area contributed by atoms with Crippen LogP contribution >= 0.6 is 0 Å². The summed E-state index contributed by atoms with van der Waals surface area (Å²) in [7, 11) is 0. The van der Waals surface area contributed by atoms with Gasteiger partial charge in [-0.05, 0) is 73.0 Å². The number of ketones is 1. The maximum atomic E-state index is 13.4. The molecule has 1 fully saturated rings. The van der Waals surface area contributed by atoms with Gasteiger partial charge in [-0.3, -0.25) is 9.59 Å². The number of aliphatic hydroxyl groups is 1. The zero-order chi connectivity index (χ0) is 26.8. The van der Waals surface area contributed by atoms with Crippen LogP contribution in [0.15, 0.2) is 94.9 Å². The lowest BCUT2D eigenvalue weighted by molar-refractivity contribution is -0.140. The molecule has 0 aliphatic carbocycles. The predicted octanol–water partition coefficient (Wildman–Crippen LogP) is 6.24. The number of carbonyl (C=O) groups is 2. The number of hydrogen-bond donors (Lipinski definition) is 1. The van der Waals surface area contributed by atoms with Crippen LogP contribution in [-0.2, 0) is 22.7 Å². The van der Waals surface area contributed by atoms with Crippen LogP contribution in [0.1, 0.15) is 39.8 Å². The Kier molecular flexibility index (Phi) is 6.83. The fraction of sp³-hybridized carbons (Fsp3) is 0.161. The van der Waals surface area contributed by atoms with Crippen molar-refractivity contribution < 1.29 is 28.2 Å². The number of benzene rings is 3. The van der Waals surface area contributed by atoms with Gasteiger partial charge in [-0.1, -0.05) is 42.5 Å². The molecule has 6 nitrogen and oxygen atoms in total. The quantitative estimate of drug-likeness (QED) is 0.181. The zero-order valence-corrected chi connectivity index (χ0v) is 21.0. The van der Waals surface area contributed by atoms with Gasteiger partial charge in [0, 0.05) is 12.1 Å². The largest absolute Gasteiger partial charge is 0.507 e. The van der Waals surface area contributed by atoms with E-state index >= 15 is 0 Å². The highest BCUT2D eigenvalue weighted by atomic mass is 19.1. The van der Waals surface area contributed by atoms with E-state index in [1.807, 2.05) is 37.3 Å². The Hall–Kier alpha value is -4.65. The molecule has 1 atom stereocenters. The van der Waals surface area contributed by atoms with E-state index in [4.69, 9.17) is 9.15 Å². The molecule has 1 aliphatic heterocycles. The van der Waals surface area contributed by atoms with E-state index < -0.39 is 23.5 Å². The number of likely N-dealkylation sites (tertiary alicyclic amines) is 1. The molecule has 3 aromatic carbocycles. The number of amides is 1. The molecule has 7 heteroatoms. The van der Waals surface area contributed by atoms with Gasteiger partial charge in [-0.25, -0.2) is 4.39 Å². The first-order valence-corrected chi connectivity index (χ1v) is 12.2. The van der Waals surface area contributed by atoms with Crippen molar-refractivity contribution in [2.75, 3.05) is 0 Å². The van der Waals surface area contributed by atoms with Crippen LogP contribution in [0.3, 0.4) is 0 Å². The molecule has 1 N–H and O–H groups in total. The first-order chi connectivity index (χ1) is 18.3. The molecule has 2 heterocycles. The lowest BCUT2D eigenvalue weighted by Gasteiger charge is -2.23. The number of aliphatic hydroxyl groups excluding tert-OH is 1. The summed E-state index contributed by atoms with van der Waals surface area (Å²) in [6.45, 7) is 4.03. The van der Waals surface area contributed by atoms with Gasteiger partial charge in [-0.15, -0.1) is 0 Å². The first kappa shape index (κ1) is 25.0. The number of halogens is 1. The van der Waals surface area contributed by atoms with Crippen molar-refractivity contribution in [1.82, 2.24) is 4.90 Å². The fourth-order valence-electron chi connectivity index (χ4n) is 4.58. The van der Waals surface area contributed by atoms with Crippen LogP contribution < -0.4 is 4.74 Å². The van der Waals surface area contributed by atoms with Gasteiger partial charge in [0.05, 0.1) is 5.57 Å². The van der Waals surface area contributed by atoms with Gasteiger partial charge in [0.2, 0.25) is 0 Å². The van der Waals surface area contributed by atoms with E-state index in [0.717, 1.165) is 11.1 Å². The van der Waals surface area contributed by atoms with Crippen molar-refractivity contribution in [1.29, 1.82) is 0 Å². The minimum atomic E-state index is -0.942. The van der Waals surface area contributed by atoms with Crippen molar-refractivity contribution in [2.45, 2.75) is 33.0 Å². The summed E-state index contributed by atoms with van der Waals surface area (Å²) in [6.07, 6.45) is 0. The molecule has 192 valence electrons. The number of carbonyl (C=O) groups excluding carboxylic acids is 2. The van der Waals surface area contributed by atoms with Crippen LogP contribution in [0.2, 0.25) is 0 Å². The summed E-state index contributed by atoms with van der Waals surface area (Å²) in [5.41, 5.74) is 2.73. The third-order valence-corrected chi connectivity index (χ3v) is 6.52. The van der Waals surface area contributed by atoms with Crippen molar-refractivity contribution in [3.63, 3.8) is 0 Å². The van der Waals surface area contributed by atoms with Crippen LogP contribution in [0.5, 0.6) is 5.75 Å². The molecule has 1 aliphatic rings. The highest BCUT2D eigenvalue weighted by molar-refractivity contribution is 6.46. The SMILES string of the molecule is Cc1ccc(C2/C(=C(/O)c3ccc(OCc4ccccc4)c(C)c3)C(=O)C(=O)N2Cc2ccc(F)cc2)o1. The Bertz CT molecular complexity index is 1520. The van der Waals surface area contributed by atoms with Gasteiger partial charge in [0.1, 0.15) is 41.5 Å². The summed E-state index contributed by atoms with van der Waals surface area (Å²) in [5, 5.41) is 11.3. The highest BCUT2D eigenvalue weighted by Gasteiger charge is 2.47. The maximum Gasteiger partial charge on any atom is 0.296 e. The summed E-state index contributed by atoms with van der Waals surface area (Å²) in [5.74, 6) is -0.698. The Labute approximate surface area is 219 Å². The van der Waals surface area contributed by atoms with E-state index in [9.17, 15) is 19.1 Å². The number of ether oxygens (including phenoxy) is 1. The van der Waals surface area contributed by atoms with Crippen molar-refractivity contribution in [3.05, 3.63) is 130 Å². The molecule has 1 amide bonds. The Morgan fingerprint density at radius 2 is 1.68 bits per heavy atom. The third-order valence-electron chi connectivity index (χ3n) is 6.52. The number of aryl methyl sites for hydroxylation is 2. The minimum absolute atomic E-state index is 0.0390. The van der Waals surface area contributed by atoms with E-state index in [1.165, 1.54) is 17.0 Å². The van der Waals surface area contributed by atoms with Crippen molar-refractivity contribution >= 4 is 17.4 Å². The maximum absolute atomic E-state index is 13.4. The second-order valence-electron chi connectivity index (χ2n) is 9.26. The molecule has 1 unspecified atom stereocenters. The molecule has 0 saturated carbocycles. The van der Waals surface area contributed by atoms with E-state index in [1.54, 1.807) is 49.4 Å². The number of Topliss-reactive ketones (excluding diaryl/α,β-unsaturated/α-hetero) is 1. The summed E-state index contributed by atoms with van der Waals surface area (Å²) in [6, 6.07) is 23.0. The second-order valence-corrected chi connectivity index (χ2v) is 9.26.